The highest BCUT2D eigenvalue weighted by Gasteiger charge is 2.11. The van der Waals surface area contributed by atoms with Crippen LogP contribution in [0.2, 0.25) is 0 Å². The quantitative estimate of drug-likeness (QED) is 0.631. The lowest BCUT2D eigenvalue weighted by atomic mass is 10.0. The van der Waals surface area contributed by atoms with Gasteiger partial charge in [0, 0.05) is 18.3 Å². The van der Waals surface area contributed by atoms with Crippen molar-refractivity contribution in [2.24, 2.45) is 0 Å². The molecule has 1 aromatic heterocycles. The van der Waals surface area contributed by atoms with E-state index in [4.69, 9.17) is 0 Å². The number of carbonyl (C=O) groups is 1. The molecule has 3 aromatic rings. The number of hydrogen-bond acceptors (Lipinski definition) is 4. The summed E-state index contributed by atoms with van der Waals surface area (Å²) in [6, 6.07) is 17.9. The lowest BCUT2D eigenvalue weighted by molar-refractivity contribution is 0.102. The van der Waals surface area contributed by atoms with Gasteiger partial charge in [-0.15, -0.1) is 0 Å². The summed E-state index contributed by atoms with van der Waals surface area (Å²) in [6.45, 7) is 8.76. The Bertz CT molecular complexity index is 947. The van der Waals surface area contributed by atoms with Crippen LogP contribution in [0, 0.1) is 13.8 Å². The first kappa shape index (κ1) is 19.5. The van der Waals surface area contributed by atoms with Crippen molar-refractivity contribution in [1.29, 1.82) is 0 Å². The van der Waals surface area contributed by atoms with Gasteiger partial charge in [0.1, 0.15) is 17.3 Å². The van der Waals surface area contributed by atoms with Crippen molar-refractivity contribution in [1.82, 2.24) is 9.97 Å². The van der Waals surface area contributed by atoms with E-state index >= 15 is 0 Å². The van der Waals surface area contributed by atoms with Crippen LogP contribution in [0.5, 0.6) is 0 Å². The van der Waals surface area contributed by atoms with Crippen molar-refractivity contribution in [3.8, 4) is 0 Å². The summed E-state index contributed by atoms with van der Waals surface area (Å²) in [7, 11) is 0. The van der Waals surface area contributed by atoms with E-state index in [0.29, 0.717) is 29.8 Å². The van der Waals surface area contributed by atoms with E-state index < -0.39 is 0 Å². The van der Waals surface area contributed by atoms with Crippen LogP contribution in [0.3, 0.4) is 0 Å². The fourth-order valence-corrected chi connectivity index (χ4v) is 2.82. The summed E-state index contributed by atoms with van der Waals surface area (Å²) in [6.07, 6.45) is 0. The number of carbonyl (C=O) groups excluding carboxylic acids is 1. The number of benzene rings is 2. The maximum absolute atomic E-state index is 12.6. The Morgan fingerprint density at radius 3 is 2.29 bits per heavy atom. The number of nitrogens with zero attached hydrogens (tertiary/aromatic N) is 2. The second-order valence-corrected chi connectivity index (χ2v) is 7.26. The zero-order valence-electron chi connectivity index (χ0n) is 16.8. The fraction of sp³-hybridized carbons (Fsp3) is 0.261. The molecule has 0 radical (unpaired) electrons. The molecule has 0 bridgehead atoms. The van der Waals surface area contributed by atoms with Gasteiger partial charge in [-0.3, -0.25) is 4.79 Å². The van der Waals surface area contributed by atoms with Crippen LogP contribution in [0.15, 0.2) is 54.6 Å². The van der Waals surface area contributed by atoms with Gasteiger partial charge >= 0.3 is 0 Å². The summed E-state index contributed by atoms with van der Waals surface area (Å²) < 4.78 is 0. The zero-order chi connectivity index (χ0) is 20.1. The minimum absolute atomic E-state index is 0.249. The van der Waals surface area contributed by atoms with Gasteiger partial charge in [-0.25, -0.2) is 9.97 Å². The van der Waals surface area contributed by atoms with E-state index in [9.17, 15) is 4.79 Å². The lowest BCUT2D eigenvalue weighted by Crippen LogP contribution is -2.16. The van der Waals surface area contributed by atoms with Gasteiger partial charge in [0.05, 0.1) is 0 Å². The third kappa shape index (κ3) is 5.16. The second kappa shape index (κ2) is 8.65. The first-order valence-electron chi connectivity index (χ1n) is 9.47. The summed E-state index contributed by atoms with van der Waals surface area (Å²) in [4.78, 5) is 21.3. The van der Waals surface area contributed by atoms with Crippen molar-refractivity contribution in [2.75, 3.05) is 10.6 Å². The molecule has 0 unspecified atom stereocenters. The predicted molar refractivity (Wildman–Crippen MR) is 114 cm³/mol. The predicted octanol–water partition coefficient (Wildman–Crippen LogP) is 5.08. The van der Waals surface area contributed by atoms with Gasteiger partial charge in [-0.1, -0.05) is 55.8 Å². The zero-order valence-corrected chi connectivity index (χ0v) is 16.8. The molecule has 0 spiro atoms. The van der Waals surface area contributed by atoms with Crippen LogP contribution in [-0.2, 0) is 6.54 Å². The highest BCUT2D eigenvalue weighted by molar-refractivity contribution is 6.03. The molecule has 0 fully saturated rings. The SMILES string of the molecule is Cc1ccc(CNc2cc(C(=O)Nc3ccc(C(C)C)cc3)nc(C)n2)cc1. The van der Waals surface area contributed by atoms with Gasteiger partial charge < -0.3 is 10.6 Å². The Morgan fingerprint density at radius 2 is 1.64 bits per heavy atom. The van der Waals surface area contributed by atoms with Crippen LogP contribution in [0.4, 0.5) is 11.5 Å². The normalized spacial score (nSPS) is 10.8. The molecular weight excluding hydrogens is 348 g/mol. The molecule has 1 heterocycles. The molecule has 0 aliphatic carbocycles. The fourth-order valence-electron chi connectivity index (χ4n) is 2.82. The monoisotopic (exact) mass is 374 g/mol. The van der Waals surface area contributed by atoms with E-state index in [1.54, 1.807) is 13.0 Å². The molecule has 2 aromatic carbocycles. The Kier molecular flexibility index (Phi) is 6.04. The first-order chi connectivity index (χ1) is 13.4. The van der Waals surface area contributed by atoms with Crippen molar-refractivity contribution in [2.45, 2.75) is 40.2 Å². The Balaban J connectivity index is 1.69. The van der Waals surface area contributed by atoms with Crippen LogP contribution >= 0.6 is 0 Å². The van der Waals surface area contributed by atoms with Gasteiger partial charge in [-0.2, -0.15) is 0 Å². The molecule has 28 heavy (non-hydrogen) atoms. The second-order valence-electron chi connectivity index (χ2n) is 7.26. The van der Waals surface area contributed by atoms with E-state index in [1.165, 1.54) is 11.1 Å². The summed E-state index contributed by atoms with van der Waals surface area (Å²) in [5.74, 6) is 1.39. The highest BCUT2D eigenvalue weighted by Crippen LogP contribution is 2.18. The largest absolute Gasteiger partial charge is 0.366 e. The number of anilines is 2. The molecule has 3 rings (SSSR count). The molecule has 5 heteroatoms. The molecule has 0 aliphatic heterocycles. The molecule has 144 valence electrons. The number of aryl methyl sites for hydroxylation is 2. The van der Waals surface area contributed by atoms with Crippen LogP contribution < -0.4 is 10.6 Å². The standard InChI is InChI=1S/C23H26N4O/c1-15(2)19-9-11-20(12-10-19)27-23(28)21-13-22(26-17(4)25-21)24-14-18-7-5-16(3)6-8-18/h5-13,15H,14H2,1-4H3,(H,27,28)(H,24,25,26). The molecule has 0 aliphatic rings. The maximum Gasteiger partial charge on any atom is 0.274 e. The summed E-state index contributed by atoms with van der Waals surface area (Å²) in [5.41, 5.74) is 4.70. The van der Waals surface area contributed by atoms with E-state index in [0.717, 1.165) is 11.3 Å². The van der Waals surface area contributed by atoms with Crippen molar-refractivity contribution in [3.63, 3.8) is 0 Å². The lowest BCUT2D eigenvalue weighted by Gasteiger charge is -2.10. The van der Waals surface area contributed by atoms with Crippen molar-refractivity contribution in [3.05, 3.63) is 82.8 Å². The van der Waals surface area contributed by atoms with Crippen LogP contribution in [0.1, 0.15) is 52.8 Å². The minimum Gasteiger partial charge on any atom is -0.366 e. The van der Waals surface area contributed by atoms with E-state index in [-0.39, 0.29) is 5.91 Å². The number of rotatable bonds is 6. The number of amides is 1. The van der Waals surface area contributed by atoms with E-state index in [1.807, 2.05) is 24.3 Å². The van der Waals surface area contributed by atoms with Crippen LogP contribution in [0.25, 0.3) is 0 Å². The Labute approximate surface area is 166 Å². The number of aromatic nitrogens is 2. The van der Waals surface area contributed by atoms with Crippen LogP contribution in [-0.4, -0.2) is 15.9 Å². The average Bonchev–Trinajstić information content (AvgIpc) is 2.67. The molecule has 5 nitrogen and oxygen atoms in total. The summed E-state index contributed by atoms with van der Waals surface area (Å²) >= 11 is 0. The van der Waals surface area contributed by atoms with Gasteiger partial charge in [0.2, 0.25) is 0 Å². The molecule has 0 saturated heterocycles. The van der Waals surface area contributed by atoms with E-state index in [2.05, 4.69) is 65.6 Å². The first-order valence-corrected chi connectivity index (χ1v) is 9.47. The van der Waals surface area contributed by atoms with Gasteiger partial charge in [0.15, 0.2) is 0 Å². The molecule has 2 N–H and O–H groups in total. The maximum atomic E-state index is 12.6. The number of hydrogen-bond donors (Lipinski definition) is 2. The summed E-state index contributed by atoms with van der Waals surface area (Å²) in [5, 5.41) is 6.17. The van der Waals surface area contributed by atoms with Gasteiger partial charge in [0.25, 0.3) is 5.91 Å². The molecular formula is C23H26N4O. The Morgan fingerprint density at radius 1 is 0.964 bits per heavy atom. The topological polar surface area (TPSA) is 66.9 Å². The smallest absolute Gasteiger partial charge is 0.274 e. The minimum atomic E-state index is -0.249. The van der Waals surface area contributed by atoms with Gasteiger partial charge in [-0.05, 0) is 43.0 Å². The number of nitrogens with one attached hydrogen (secondary N) is 2. The Hall–Kier alpha value is -3.21. The third-order valence-electron chi connectivity index (χ3n) is 4.50. The molecule has 1 amide bonds. The van der Waals surface area contributed by atoms with Crippen molar-refractivity contribution < 1.29 is 4.79 Å². The van der Waals surface area contributed by atoms with Crippen molar-refractivity contribution >= 4 is 17.4 Å². The highest BCUT2D eigenvalue weighted by atomic mass is 16.1. The molecule has 0 saturated carbocycles. The third-order valence-corrected chi connectivity index (χ3v) is 4.50. The average molecular weight is 374 g/mol. The molecule has 0 atom stereocenters.